The molecule has 2 aromatic rings. The Labute approximate surface area is 149 Å². The van der Waals surface area contributed by atoms with Crippen molar-refractivity contribution in [2.75, 3.05) is 5.32 Å². The molecule has 1 fully saturated rings. The molecule has 1 aliphatic rings. The molecular formula is C18H18BrN3O2. The minimum absolute atomic E-state index is 0.0937. The second-order valence-electron chi connectivity index (χ2n) is 5.96. The summed E-state index contributed by atoms with van der Waals surface area (Å²) in [5, 5.41) is 5.72. The molecule has 1 heterocycles. The maximum absolute atomic E-state index is 12.3. The molecule has 0 spiro atoms. The van der Waals surface area contributed by atoms with Gasteiger partial charge in [-0.15, -0.1) is 0 Å². The van der Waals surface area contributed by atoms with Crippen LogP contribution in [0.15, 0.2) is 47.1 Å². The highest BCUT2D eigenvalue weighted by Gasteiger charge is 2.48. The number of nitrogens with one attached hydrogen (secondary N) is 2. The monoisotopic (exact) mass is 387 g/mol. The highest BCUT2D eigenvalue weighted by molar-refractivity contribution is 9.10. The molecule has 0 bridgehead atoms. The lowest BCUT2D eigenvalue weighted by Crippen LogP contribution is -2.27. The molecular weight excluding hydrogens is 370 g/mol. The molecule has 24 heavy (non-hydrogen) atoms. The van der Waals surface area contributed by atoms with Crippen molar-refractivity contribution in [1.82, 2.24) is 10.3 Å². The van der Waals surface area contributed by atoms with Gasteiger partial charge in [0.2, 0.25) is 11.8 Å². The molecule has 2 atom stereocenters. The van der Waals surface area contributed by atoms with Crippen molar-refractivity contribution in [3.05, 3.63) is 58.3 Å². The quantitative estimate of drug-likeness (QED) is 0.827. The minimum atomic E-state index is -0.262. The highest BCUT2D eigenvalue weighted by atomic mass is 79.9. The first kappa shape index (κ1) is 16.6. The molecule has 0 saturated heterocycles. The van der Waals surface area contributed by atoms with Crippen LogP contribution in [0.3, 0.4) is 0 Å². The standard InChI is InChI=1S/C18H18BrN3O2/c1-11-5-6-16(15(19)8-11)22-18(24)14-9-13(14)17(23)21-10-12-4-2-3-7-20-12/h2-8,13-14H,9-10H2,1H3,(H,21,23)(H,22,24). The molecule has 124 valence electrons. The summed E-state index contributed by atoms with van der Waals surface area (Å²) in [6.07, 6.45) is 2.28. The van der Waals surface area contributed by atoms with Gasteiger partial charge in [-0.25, -0.2) is 0 Å². The van der Waals surface area contributed by atoms with Gasteiger partial charge in [0.1, 0.15) is 0 Å². The van der Waals surface area contributed by atoms with Crippen LogP contribution in [-0.4, -0.2) is 16.8 Å². The Morgan fingerprint density at radius 2 is 2.00 bits per heavy atom. The molecule has 0 radical (unpaired) electrons. The number of rotatable bonds is 5. The molecule has 6 heteroatoms. The van der Waals surface area contributed by atoms with E-state index in [9.17, 15) is 9.59 Å². The predicted octanol–water partition coefficient (Wildman–Crippen LogP) is 3.04. The van der Waals surface area contributed by atoms with Crippen LogP contribution in [0, 0.1) is 18.8 Å². The van der Waals surface area contributed by atoms with E-state index in [1.807, 2.05) is 43.3 Å². The van der Waals surface area contributed by atoms with Crippen LogP contribution in [-0.2, 0) is 16.1 Å². The van der Waals surface area contributed by atoms with Gasteiger partial charge in [0.25, 0.3) is 0 Å². The first-order chi connectivity index (χ1) is 11.5. The van der Waals surface area contributed by atoms with Gasteiger partial charge in [0.15, 0.2) is 0 Å². The molecule has 2 unspecified atom stereocenters. The van der Waals surface area contributed by atoms with Gasteiger partial charge < -0.3 is 10.6 Å². The van der Waals surface area contributed by atoms with E-state index in [4.69, 9.17) is 0 Å². The Kier molecular flexibility index (Phi) is 4.94. The van der Waals surface area contributed by atoms with Crippen LogP contribution >= 0.6 is 15.9 Å². The molecule has 2 amide bonds. The fourth-order valence-corrected chi connectivity index (χ4v) is 3.13. The van der Waals surface area contributed by atoms with E-state index in [2.05, 4.69) is 31.5 Å². The summed E-state index contributed by atoms with van der Waals surface area (Å²) >= 11 is 3.44. The fourth-order valence-electron chi connectivity index (χ4n) is 2.53. The Balaban J connectivity index is 1.51. The first-order valence-electron chi connectivity index (χ1n) is 7.79. The molecule has 1 aromatic carbocycles. The number of anilines is 1. The largest absolute Gasteiger partial charge is 0.350 e. The maximum Gasteiger partial charge on any atom is 0.228 e. The van der Waals surface area contributed by atoms with Gasteiger partial charge in [-0.3, -0.25) is 14.6 Å². The lowest BCUT2D eigenvalue weighted by Gasteiger charge is -2.08. The third kappa shape index (κ3) is 4.00. The van der Waals surface area contributed by atoms with Gasteiger partial charge in [-0.1, -0.05) is 12.1 Å². The predicted molar refractivity (Wildman–Crippen MR) is 95.2 cm³/mol. The Hall–Kier alpha value is -2.21. The second-order valence-corrected chi connectivity index (χ2v) is 6.81. The number of amides is 2. The topological polar surface area (TPSA) is 71.1 Å². The number of aryl methyl sites for hydroxylation is 1. The van der Waals surface area contributed by atoms with Crippen molar-refractivity contribution in [3.63, 3.8) is 0 Å². The van der Waals surface area contributed by atoms with Crippen molar-refractivity contribution in [3.8, 4) is 0 Å². The van der Waals surface area contributed by atoms with Gasteiger partial charge in [-0.05, 0) is 59.1 Å². The summed E-state index contributed by atoms with van der Waals surface area (Å²) in [4.78, 5) is 28.6. The molecule has 1 aromatic heterocycles. The highest BCUT2D eigenvalue weighted by Crippen LogP contribution is 2.40. The number of carbonyl (C=O) groups is 2. The van der Waals surface area contributed by atoms with Crippen LogP contribution in [0.1, 0.15) is 17.7 Å². The van der Waals surface area contributed by atoms with E-state index in [-0.39, 0.29) is 23.7 Å². The second kappa shape index (κ2) is 7.13. The van der Waals surface area contributed by atoms with Gasteiger partial charge in [0.05, 0.1) is 29.8 Å². The zero-order chi connectivity index (χ0) is 17.1. The van der Waals surface area contributed by atoms with Crippen LogP contribution in [0.5, 0.6) is 0 Å². The zero-order valence-electron chi connectivity index (χ0n) is 13.3. The zero-order valence-corrected chi connectivity index (χ0v) is 14.8. The lowest BCUT2D eigenvalue weighted by atomic mass is 10.2. The Morgan fingerprint density at radius 1 is 1.21 bits per heavy atom. The Bertz CT molecular complexity index is 764. The summed E-state index contributed by atoms with van der Waals surface area (Å²) < 4.78 is 0.840. The van der Waals surface area contributed by atoms with Crippen molar-refractivity contribution in [1.29, 1.82) is 0 Å². The maximum atomic E-state index is 12.3. The fraction of sp³-hybridized carbons (Fsp3) is 0.278. The molecule has 0 aliphatic heterocycles. The van der Waals surface area contributed by atoms with Crippen LogP contribution in [0.2, 0.25) is 0 Å². The molecule has 3 rings (SSSR count). The van der Waals surface area contributed by atoms with Crippen molar-refractivity contribution >= 4 is 33.4 Å². The average Bonchev–Trinajstić information content (AvgIpc) is 3.37. The summed E-state index contributed by atoms with van der Waals surface area (Å²) in [5.74, 6) is -0.721. The summed E-state index contributed by atoms with van der Waals surface area (Å²) in [5.41, 5.74) is 2.64. The van der Waals surface area contributed by atoms with Crippen molar-refractivity contribution in [2.24, 2.45) is 11.8 Å². The summed E-state index contributed by atoms with van der Waals surface area (Å²) in [7, 11) is 0. The molecule has 1 aliphatic carbocycles. The smallest absolute Gasteiger partial charge is 0.228 e. The third-order valence-corrected chi connectivity index (χ3v) is 4.67. The number of nitrogens with zero attached hydrogens (tertiary/aromatic N) is 1. The van der Waals surface area contributed by atoms with E-state index in [1.54, 1.807) is 6.20 Å². The van der Waals surface area contributed by atoms with Crippen molar-refractivity contribution in [2.45, 2.75) is 19.9 Å². The van der Waals surface area contributed by atoms with Gasteiger partial charge in [0, 0.05) is 10.7 Å². The lowest BCUT2D eigenvalue weighted by molar-refractivity contribution is -0.125. The van der Waals surface area contributed by atoms with Crippen molar-refractivity contribution < 1.29 is 9.59 Å². The normalized spacial score (nSPS) is 18.8. The number of carbonyl (C=O) groups excluding carboxylic acids is 2. The molecule has 5 nitrogen and oxygen atoms in total. The number of aromatic nitrogens is 1. The SMILES string of the molecule is Cc1ccc(NC(=O)C2CC2C(=O)NCc2ccccn2)c(Br)c1. The summed E-state index contributed by atoms with van der Waals surface area (Å²) in [6.45, 7) is 2.37. The van der Waals surface area contributed by atoms with Crippen LogP contribution in [0.25, 0.3) is 0 Å². The molecule has 1 saturated carbocycles. The summed E-state index contributed by atoms with van der Waals surface area (Å²) in [6, 6.07) is 11.3. The van der Waals surface area contributed by atoms with Crippen LogP contribution < -0.4 is 10.6 Å². The third-order valence-electron chi connectivity index (χ3n) is 4.02. The van der Waals surface area contributed by atoms with E-state index in [0.29, 0.717) is 13.0 Å². The Morgan fingerprint density at radius 3 is 2.71 bits per heavy atom. The number of pyridine rings is 1. The number of benzene rings is 1. The van der Waals surface area contributed by atoms with Crippen LogP contribution in [0.4, 0.5) is 5.69 Å². The van der Waals surface area contributed by atoms with Gasteiger partial charge >= 0.3 is 0 Å². The van der Waals surface area contributed by atoms with E-state index in [0.717, 1.165) is 21.4 Å². The number of halogens is 1. The number of hydrogen-bond acceptors (Lipinski definition) is 3. The first-order valence-corrected chi connectivity index (χ1v) is 8.58. The minimum Gasteiger partial charge on any atom is -0.350 e. The number of hydrogen-bond donors (Lipinski definition) is 2. The van der Waals surface area contributed by atoms with E-state index < -0.39 is 0 Å². The average molecular weight is 388 g/mol. The van der Waals surface area contributed by atoms with Gasteiger partial charge in [-0.2, -0.15) is 0 Å². The van der Waals surface area contributed by atoms with E-state index >= 15 is 0 Å². The molecule has 2 N–H and O–H groups in total. The van der Waals surface area contributed by atoms with E-state index in [1.165, 1.54) is 0 Å².